The van der Waals surface area contributed by atoms with Crippen LogP contribution < -0.4 is 10.9 Å². The minimum Gasteiger partial charge on any atom is -0.318 e. The first kappa shape index (κ1) is 19.1. The summed E-state index contributed by atoms with van der Waals surface area (Å²) in [5.41, 5.74) is 9.22. The van der Waals surface area contributed by atoms with E-state index in [1.807, 2.05) is 48.7 Å². The van der Waals surface area contributed by atoms with Crippen molar-refractivity contribution >= 4 is 11.8 Å². The van der Waals surface area contributed by atoms with Gasteiger partial charge in [0.2, 0.25) is 0 Å². The monoisotopic (exact) mass is 401 g/mol. The summed E-state index contributed by atoms with van der Waals surface area (Å²) in [6, 6.07) is 18.2. The van der Waals surface area contributed by atoms with Gasteiger partial charge in [-0.3, -0.25) is 20.4 Å². The Morgan fingerprint density at radius 3 is 2.23 bits per heavy atom. The summed E-state index contributed by atoms with van der Waals surface area (Å²) >= 11 is 0. The Hall–Kier alpha value is -4.27. The van der Waals surface area contributed by atoms with E-state index >= 15 is 0 Å². The van der Waals surface area contributed by atoms with Crippen LogP contribution in [0.5, 0.6) is 0 Å². The molecule has 2 aromatic heterocycles. The lowest BCUT2D eigenvalue weighted by atomic mass is 10.2. The molecule has 0 aliphatic heterocycles. The molecule has 9 nitrogen and oxygen atoms in total. The van der Waals surface area contributed by atoms with E-state index in [4.69, 9.17) is 0 Å². The molecule has 0 unspecified atom stereocenters. The van der Waals surface area contributed by atoms with Gasteiger partial charge in [0.15, 0.2) is 0 Å². The second kappa shape index (κ2) is 8.00. The van der Waals surface area contributed by atoms with Crippen LogP contribution in [0.15, 0.2) is 67.0 Å². The Kier molecular flexibility index (Phi) is 5.08. The van der Waals surface area contributed by atoms with E-state index in [1.54, 1.807) is 30.3 Å². The van der Waals surface area contributed by atoms with Crippen LogP contribution in [0.3, 0.4) is 0 Å². The zero-order chi connectivity index (χ0) is 21.1. The zero-order valence-corrected chi connectivity index (χ0v) is 16.4. The molecule has 0 saturated carbocycles. The summed E-state index contributed by atoms with van der Waals surface area (Å²) in [5, 5.41) is 10.9. The normalized spacial score (nSPS) is 10.6. The third-order valence-electron chi connectivity index (χ3n) is 4.72. The van der Waals surface area contributed by atoms with Gasteiger partial charge < -0.3 is 4.57 Å². The first-order valence-corrected chi connectivity index (χ1v) is 9.23. The third-order valence-corrected chi connectivity index (χ3v) is 4.72. The molecule has 9 heteroatoms. The molecule has 2 aromatic carbocycles. The van der Waals surface area contributed by atoms with Crippen molar-refractivity contribution in [2.24, 2.45) is 0 Å². The molecule has 0 atom stereocenters. The van der Waals surface area contributed by atoms with Gasteiger partial charge in [0.05, 0.1) is 11.3 Å². The maximum Gasteiger partial charge on any atom is 0.271 e. The Bertz CT molecular complexity index is 1180. The SMILES string of the molecule is Cc1cc(C(=O)NNC(=O)c2ccc(-n3cnnn3)cc2)c(C)n1-c1ccccc1. The number of carbonyl (C=O) groups excluding carboxylic acids is 2. The van der Waals surface area contributed by atoms with Crippen molar-refractivity contribution in [3.05, 3.63) is 89.5 Å². The van der Waals surface area contributed by atoms with Crippen LogP contribution in [0.2, 0.25) is 0 Å². The van der Waals surface area contributed by atoms with Gasteiger partial charge >= 0.3 is 0 Å². The highest BCUT2D eigenvalue weighted by Gasteiger charge is 2.17. The van der Waals surface area contributed by atoms with E-state index in [2.05, 4.69) is 26.4 Å². The average Bonchev–Trinajstić information content (AvgIpc) is 3.41. The Morgan fingerprint density at radius 2 is 1.57 bits per heavy atom. The fraction of sp³-hybridized carbons (Fsp3) is 0.0952. The lowest BCUT2D eigenvalue weighted by Gasteiger charge is -2.10. The largest absolute Gasteiger partial charge is 0.318 e. The lowest BCUT2D eigenvalue weighted by molar-refractivity contribution is 0.0846. The standard InChI is InChI=1S/C21H19N7O2/c1-14-12-19(15(2)28(14)18-6-4-3-5-7-18)21(30)24-23-20(29)16-8-10-17(11-9-16)27-13-22-25-26-27/h3-13H,1-2H3,(H,23,29)(H,24,30). The van der Waals surface area contributed by atoms with Gasteiger partial charge in [-0.15, -0.1) is 5.10 Å². The molecular formula is C21H19N7O2. The number of benzene rings is 2. The number of rotatable bonds is 4. The second-order valence-electron chi connectivity index (χ2n) is 6.67. The fourth-order valence-electron chi connectivity index (χ4n) is 3.27. The van der Waals surface area contributed by atoms with E-state index in [0.29, 0.717) is 16.8 Å². The number of amides is 2. The summed E-state index contributed by atoms with van der Waals surface area (Å²) in [6.07, 6.45) is 1.46. The maximum atomic E-state index is 12.6. The summed E-state index contributed by atoms with van der Waals surface area (Å²) in [5.74, 6) is -0.813. The van der Waals surface area contributed by atoms with Gasteiger partial charge in [0, 0.05) is 22.6 Å². The first-order chi connectivity index (χ1) is 14.5. The minimum atomic E-state index is -0.427. The van der Waals surface area contributed by atoms with E-state index in [-0.39, 0.29) is 5.91 Å². The molecular weight excluding hydrogens is 382 g/mol. The number of hydrazine groups is 1. The van der Waals surface area contributed by atoms with Gasteiger partial charge in [0.1, 0.15) is 6.33 Å². The highest BCUT2D eigenvalue weighted by atomic mass is 16.2. The minimum absolute atomic E-state index is 0.385. The number of hydrogen-bond donors (Lipinski definition) is 2. The molecule has 2 amide bonds. The molecule has 4 aromatic rings. The lowest BCUT2D eigenvalue weighted by Crippen LogP contribution is -2.41. The molecule has 0 spiro atoms. The molecule has 0 aliphatic rings. The topological polar surface area (TPSA) is 107 Å². The van der Waals surface area contributed by atoms with Crippen LogP contribution >= 0.6 is 0 Å². The zero-order valence-electron chi connectivity index (χ0n) is 16.4. The molecule has 0 fully saturated rings. The summed E-state index contributed by atoms with van der Waals surface area (Å²) in [4.78, 5) is 25.0. The summed E-state index contributed by atoms with van der Waals surface area (Å²) in [6.45, 7) is 3.80. The third kappa shape index (κ3) is 3.68. The molecule has 4 rings (SSSR count). The van der Waals surface area contributed by atoms with Gasteiger partial charge in [-0.25, -0.2) is 4.68 Å². The van der Waals surface area contributed by atoms with E-state index in [0.717, 1.165) is 17.1 Å². The van der Waals surface area contributed by atoms with Crippen molar-refractivity contribution in [1.29, 1.82) is 0 Å². The van der Waals surface area contributed by atoms with Crippen molar-refractivity contribution < 1.29 is 9.59 Å². The van der Waals surface area contributed by atoms with Crippen molar-refractivity contribution in [2.45, 2.75) is 13.8 Å². The van der Waals surface area contributed by atoms with E-state index in [1.165, 1.54) is 11.0 Å². The molecule has 2 heterocycles. The van der Waals surface area contributed by atoms with Crippen LogP contribution in [-0.4, -0.2) is 36.6 Å². The summed E-state index contributed by atoms with van der Waals surface area (Å²) in [7, 11) is 0. The predicted octanol–water partition coefficient (Wildman–Crippen LogP) is 2.14. The second-order valence-corrected chi connectivity index (χ2v) is 6.67. The molecule has 0 radical (unpaired) electrons. The van der Waals surface area contributed by atoms with Crippen molar-refractivity contribution in [3.63, 3.8) is 0 Å². The molecule has 30 heavy (non-hydrogen) atoms. The number of nitrogens with zero attached hydrogens (tertiary/aromatic N) is 5. The number of tetrazole rings is 1. The smallest absolute Gasteiger partial charge is 0.271 e. The number of para-hydroxylation sites is 1. The number of hydrogen-bond acceptors (Lipinski definition) is 5. The Balaban J connectivity index is 1.44. The van der Waals surface area contributed by atoms with Gasteiger partial charge in [-0.2, -0.15) is 0 Å². The number of carbonyl (C=O) groups is 2. The fourth-order valence-corrected chi connectivity index (χ4v) is 3.27. The van der Waals surface area contributed by atoms with Crippen LogP contribution in [0.25, 0.3) is 11.4 Å². The highest BCUT2D eigenvalue weighted by molar-refractivity contribution is 6.00. The van der Waals surface area contributed by atoms with Gasteiger partial charge in [0.25, 0.3) is 11.8 Å². The van der Waals surface area contributed by atoms with Crippen LogP contribution in [-0.2, 0) is 0 Å². The quantitative estimate of drug-likeness (QED) is 0.510. The van der Waals surface area contributed by atoms with Gasteiger partial charge in [-0.05, 0) is 66.7 Å². The Morgan fingerprint density at radius 1 is 0.867 bits per heavy atom. The van der Waals surface area contributed by atoms with Crippen LogP contribution in [0.4, 0.5) is 0 Å². The first-order valence-electron chi connectivity index (χ1n) is 9.23. The molecule has 0 saturated heterocycles. The predicted molar refractivity (Wildman–Crippen MR) is 109 cm³/mol. The molecule has 150 valence electrons. The average molecular weight is 401 g/mol. The molecule has 0 bridgehead atoms. The van der Waals surface area contributed by atoms with Crippen molar-refractivity contribution in [1.82, 2.24) is 35.6 Å². The van der Waals surface area contributed by atoms with Crippen LogP contribution in [0, 0.1) is 13.8 Å². The van der Waals surface area contributed by atoms with E-state index < -0.39 is 5.91 Å². The van der Waals surface area contributed by atoms with Crippen LogP contribution in [0.1, 0.15) is 32.1 Å². The van der Waals surface area contributed by atoms with Crippen molar-refractivity contribution in [2.75, 3.05) is 0 Å². The molecule has 2 N–H and O–H groups in total. The Labute approximate surface area is 172 Å². The number of aryl methyl sites for hydroxylation is 1. The van der Waals surface area contributed by atoms with Gasteiger partial charge in [-0.1, -0.05) is 18.2 Å². The van der Waals surface area contributed by atoms with Crippen molar-refractivity contribution in [3.8, 4) is 11.4 Å². The molecule has 0 aliphatic carbocycles. The highest BCUT2D eigenvalue weighted by Crippen LogP contribution is 2.20. The maximum absolute atomic E-state index is 12.6. The summed E-state index contributed by atoms with van der Waals surface area (Å²) < 4.78 is 3.47. The van der Waals surface area contributed by atoms with E-state index in [9.17, 15) is 9.59 Å². The number of aromatic nitrogens is 5. The number of nitrogens with one attached hydrogen (secondary N) is 2.